The molecule has 5 nitrogen and oxygen atoms in total. The predicted octanol–water partition coefficient (Wildman–Crippen LogP) is 3.30. The minimum absolute atomic E-state index is 0. The van der Waals surface area contributed by atoms with Gasteiger partial charge in [0.25, 0.3) is 5.91 Å². The monoisotopic (exact) mass is 370 g/mol. The lowest BCUT2D eigenvalue weighted by Crippen LogP contribution is -2.27. The highest BCUT2D eigenvalue weighted by molar-refractivity contribution is 5.98. The maximum Gasteiger partial charge on any atom is 0.255 e. The molecule has 0 aliphatic heterocycles. The highest BCUT2D eigenvalue weighted by Gasteiger charge is 2.12. The number of carbonyl (C=O) groups excluding carboxylic acids is 1. The van der Waals surface area contributed by atoms with E-state index in [1.54, 1.807) is 18.3 Å². The van der Waals surface area contributed by atoms with Gasteiger partial charge in [-0.2, -0.15) is 0 Å². The molecule has 0 aliphatic rings. The zero-order chi connectivity index (χ0) is 15.9. The first-order valence-corrected chi connectivity index (χ1v) is 7.40. The minimum Gasteiger partial charge on any atom is -0.399 e. The van der Waals surface area contributed by atoms with Gasteiger partial charge in [0.05, 0.1) is 5.56 Å². The van der Waals surface area contributed by atoms with Crippen LogP contribution in [0, 0.1) is 0 Å². The van der Waals surface area contributed by atoms with Gasteiger partial charge in [0, 0.05) is 24.5 Å². The molecule has 7 heteroatoms. The number of hydrogen-bond acceptors (Lipinski definition) is 4. The average molecular weight is 371 g/mol. The molecule has 0 aliphatic carbocycles. The van der Waals surface area contributed by atoms with Crippen molar-refractivity contribution in [2.75, 3.05) is 17.6 Å². The van der Waals surface area contributed by atoms with Gasteiger partial charge in [-0.25, -0.2) is 4.98 Å². The Kier molecular flexibility index (Phi) is 9.85. The highest BCUT2D eigenvalue weighted by Crippen LogP contribution is 2.12. The van der Waals surface area contributed by atoms with Gasteiger partial charge in [-0.3, -0.25) is 4.79 Å². The summed E-state index contributed by atoms with van der Waals surface area (Å²) in [5.41, 5.74) is 8.10. The number of nitrogen functional groups attached to an aromatic ring is 1. The molecule has 0 saturated heterocycles. The predicted molar refractivity (Wildman–Crippen MR) is 104 cm³/mol. The van der Waals surface area contributed by atoms with Crippen LogP contribution in [0.15, 0.2) is 42.6 Å². The zero-order valence-electron chi connectivity index (χ0n) is 13.8. The van der Waals surface area contributed by atoms with Gasteiger partial charge in [-0.15, -0.1) is 24.8 Å². The van der Waals surface area contributed by atoms with Crippen LogP contribution in [0.25, 0.3) is 0 Å². The second kappa shape index (κ2) is 10.7. The molecule has 132 valence electrons. The SMILES string of the molecule is CC(C)Nc1ncccc1C(=O)NCCc1ccc(N)cc1.Cl.Cl. The van der Waals surface area contributed by atoms with Crippen molar-refractivity contribution in [3.05, 3.63) is 53.7 Å². The van der Waals surface area contributed by atoms with E-state index in [1.165, 1.54) is 0 Å². The highest BCUT2D eigenvalue weighted by atomic mass is 35.5. The van der Waals surface area contributed by atoms with E-state index in [0.717, 1.165) is 17.7 Å². The molecule has 1 aromatic heterocycles. The van der Waals surface area contributed by atoms with E-state index in [9.17, 15) is 4.79 Å². The Hall–Kier alpha value is -1.98. The molecular formula is C17H24Cl2N4O. The van der Waals surface area contributed by atoms with Gasteiger partial charge in [0.1, 0.15) is 5.82 Å². The van der Waals surface area contributed by atoms with Gasteiger partial charge in [-0.1, -0.05) is 12.1 Å². The number of pyridine rings is 1. The smallest absolute Gasteiger partial charge is 0.255 e. The van der Waals surface area contributed by atoms with Crippen molar-refractivity contribution in [2.45, 2.75) is 26.3 Å². The molecular weight excluding hydrogens is 347 g/mol. The third-order valence-electron chi connectivity index (χ3n) is 3.16. The summed E-state index contributed by atoms with van der Waals surface area (Å²) < 4.78 is 0. The number of anilines is 2. The molecule has 2 aromatic rings. The molecule has 0 fully saturated rings. The number of carbonyl (C=O) groups is 1. The number of nitrogens with zero attached hydrogens (tertiary/aromatic N) is 1. The molecule has 1 amide bonds. The number of amides is 1. The van der Waals surface area contributed by atoms with Crippen molar-refractivity contribution < 1.29 is 4.79 Å². The van der Waals surface area contributed by atoms with Gasteiger partial charge < -0.3 is 16.4 Å². The number of benzene rings is 1. The fraction of sp³-hybridized carbons (Fsp3) is 0.294. The van der Waals surface area contributed by atoms with E-state index in [0.29, 0.717) is 17.9 Å². The summed E-state index contributed by atoms with van der Waals surface area (Å²) in [7, 11) is 0. The lowest BCUT2D eigenvalue weighted by atomic mass is 10.1. The number of halogens is 2. The van der Waals surface area contributed by atoms with Crippen molar-refractivity contribution in [1.29, 1.82) is 0 Å². The molecule has 2 rings (SSSR count). The summed E-state index contributed by atoms with van der Waals surface area (Å²) in [5.74, 6) is 0.495. The molecule has 24 heavy (non-hydrogen) atoms. The summed E-state index contributed by atoms with van der Waals surface area (Å²) in [4.78, 5) is 16.5. The molecule has 0 atom stereocenters. The van der Waals surface area contributed by atoms with Crippen LogP contribution in [0.2, 0.25) is 0 Å². The fourth-order valence-electron chi connectivity index (χ4n) is 2.08. The Balaban J connectivity index is 0.00000264. The standard InChI is InChI=1S/C17H22N4O.2ClH/c1-12(2)21-16-15(4-3-10-19-16)17(22)20-11-9-13-5-7-14(18)8-6-13;;/h3-8,10,12H,9,11,18H2,1-2H3,(H,19,21)(H,20,22);2*1H. The van der Waals surface area contributed by atoms with E-state index >= 15 is 0 Å². The summed E-state index contributed by atoms with van der Waals surface area (Å²) in [5, 5.41) is 6.11. The first kappa shape index (κ1) is 22.0. The number of rotatable bonds is 6. The van der Waals surface area contributed by atoms with Gasteiger partial charge >= 0.3 is 0 Å². The first-order valence-electron chi connectivity index (χ1n) is 7.40. The summed E-state index contributed by atoms with van der Waals surface area (Å²) in [6.07, 6.45) is 2.44. The third-order valence-corrected chi connectivity index (χ3v) is 3.16. The summed E-state index contributed by atoms with van der Waals surface area (Å²) in [6, 6.07) is 11.4. The Bertz CT molecular complexity index is 633. The molecule has 1 heterocycles. The van der Waals surface area contributed by atoms with Gasteiger partial charge in [0.15, 0.2) is 0 Å². The van der Waals surface area contributed by atoms with Crippen molar-refractivity contribution in [2.24, 2.45) is 0 Å². The second-order valence-electron chi connectivity index (χ2n) is 5.45. The van der Waals surface area contributed by atoms with Crippen LogP contribution in [0.3, 0.4) is 0 Å². The lowest BCUT2D eigenvalue weighted by molar-refractivity contribution is 0.0954. The van der Waals surface area contributed by atoms with Crippen LogP contribution in [0.4, 0.5) is 11.5 Å². The lowest BCUT2D eigenvalue weighted by Gasteiger charge is -2.13. The van der Waals surface area contributed by atoms with E-state index in [-0.39, 0.29) is 36.8 Å². The van der Waals surface area contributed by atoms with Crippen molar-refractivity contribution >= 4 is 42.2 Å². The number of hydrogen-bond donors (Lipinski definition) is 3. The van der Waals surface area contributed by atoms with Crippen LogP contribution in [0.1, 0.15) is 29.8 Å². The molecule has 4 N–H and O–H groups in total. The van der Waals surface area contributed by atoms with Crippen LogP contribution in [-0.4, -0.2) is 23.5 Å². The van der Waals surface area contributed by atoms with Crippen LogP contribution >= 0.6 is 24.8 Å². The number of aromatic nitrogens is 1. The van der Waals surface area contributed by atoms with Gasteiger partial charge in [0.2, 0.25) is 0 Å². The van der Waals surface area contributed by atoms with E-state index < -0.39 is 0 Å². The average Bonchev–Trinajstić information content (AvgIpc) is 2.49. The fourth-order valence-corrected chi connectivity index (χ4v) is 2.08. The third kappa shape index (κ3) is 6.64. The quantitative estimate of drug-likeness (QED) is 0.681. The number of nitrogens with two attached hydrogens (primary N) is 1. The molecule has 0 unspecified atom stereocenters. The first-order chi connectivity index (χ1) is 10.6. The molecule has 0 saturated carbocycles. The number of nitrogens with one attached hydrogen (secondary N) is 2. The van der Waals surface area contributed by atoms with Crippen LogP contribution in [-0.2, 0) is 6.42 Å². The largest absolute Gasteiger partial charge is 0.399 e. The Labute approximate surface area is 155 Å². The zero-order valence-corrected chi connectivity index (χ0v) is 15.4. The van der Waals surface area contributed by atoms with E-state index in [2.05, 4.69) is 15.6 Å². The molecule has 1 aromatic carbocycles. The maximum atomic E-state index is 12.3. The normalized spacial score (nSPS) is 9.62. The van der Waals surface area contributed by atoms with Crippen molar-refractivity contribution in [3.63, 3.8) is 0 Å². The maximum absolute atomic E-state index is 12.3. The van der Waals surface area contributed by atoms with E-state index in [1.807, 2.05) is 38.1 Å². The van der Waals surface area contributed by atoms with Crippen molar-refractivity contribution in [3.8, 4) is 0 Å². The summed E-state index contributed by atoms with van der Waals surface area (Å²) in [6.45, 7) is 4.59. The van der Waals surface area contributed by atoms with E-state index in [4.69, 9.17) is 5.73 Å². The molecule has 0 spiro atoms. The van der Waals surface area contributed by atoms with Crippen LogP contribution < -0.4 is 16.4 Å². The van der Waals surface area contributed by atoms with Gasteiger partial charge in [-0.05, 0) is 50.1 Å². The second-order valence-corrected chi connectivity index (χ2v) is 5.45. The molecule has 0 bridgehead atoms. The minimum atomic E-state index is -0.119. The Morgan fingerprint density at radius 2 is 1.83 bits per heavy atom. The summed E-state index contributed by atoms with van der Waals surface area (Å²) >= 11 is 0. The van der Waals surface area contributed by atoms with Crippen molar-refractivity contribution in [1.82, 2.24) is 10.3 Å². The topological polar surface area (TPSA) is 80.0 Å². The molecule has 0 radical (unpaired) electrons. The Morgan fingerprint density at radius 1 is 1.17 bits per heavy atom. The van der Waals surface area contributed by atoms with Crippen LogP contribution in [0.5, 0.6) is 0 Å². The Morgan fingerprint density at radius 3 is 2.46 bits per heavy atom.